The van der Waals surface area contributed by atoms with Gasteiger partial charge in [-0.1, -0.05) is 11.6 Å². The number of anilines is 1. The fraction of sp³-hybridized carbons (Fsp3) is 0.632. The highest BCUT2D eigenvalue weighted by Crippen LogP contribution is 2.25. The number of pyridine rings is 1. The molecule has 0 unspecified atom stereocenters. The number of rotatable bonds is 8. The lowest BCUT2D eigenvalue weighted by Crippen LogP contribution is -2.55. The summed E-state index contributed by atoms with van der Waals surface area (Å²) in [6, 6.07) is 1.24. The van der Waals surface area contributed by atoms with Gasteiger partial charge in [0.1, 0.15) is 11.4 Å². The van der Waals surface area contributed by atoms with Crippen LogP contribution in [-0.2, 0) is 14.3 Å². The van der Waals surface area contributed by atoms with Crippen LogP contribution in [0.1, 0.15) is 37.0 Å². The number of piperidine rings is 1. The maximum Gasteiger partial charge on any atom is 0.307 e. The summed E-state index contributed by atoms with van der Waals surface area (Å²) in [5.74, 6) is -0.375. The van der Waals surface area contributed by atoms with Crippen LogP contribution in [0.3, 0.4) is 0 Å². The second-order valence-corrected chi connectivity index (χ2v) is 7.55. The van der Waals surface area contributed by atoms with E-state index in [2.05, 4.69) is 15.2 Å². The summed E-state index contributed by atoms with van der Waals surface area (Å²) in [6.45, 7) is 5.54. The molecule has 0 radical (unpaired) electrons. The molecule has 10 heteroatoms. The van der Waals surface area contributed by atoms with Crippen molar-refractivity contribution in [2.75, 3.05) is 39.6 Å². The third-order valence-corrected chi connectivity index (χ3v) is 4.97. The lowest BCUT2D eigenvalue weighted by molar-refractivity contribution is -0.148. The third-order valence-electron chi connectivity index (χ3n) is 4.67. The maximum atomic E-state index is 12.8. The number of nitrogens with one attached hydrogen (secondary N) is 1. The molecular weight excluding hydrogens is 400 g/mol. The number of nitrogen functional groups attached to an aromatic ring is 1. The molecule has 0 aliphatic carbocycles. The molecule has 1 aromatic rings. The molecule has 1 aliphatic rings. The van der Waals surface area contributed by atoms with Gasteiger partial charge in [-0.05, 0) is 26.3 Å². The van der Waals surface area contributed by atoms with Crippen molar-refractivity contribution >= 4 is 29.3 Å². The predicted molar refractivity (Wildman–Crippen MR) is 109 cm³/mol. The van der Waals surface area contributed by atoms with Crippen LogP contribution in [0.5, 0.6) is 5.88 Å². The smallest absolute Gasteiger partial charge is 0.307 e. The van der Waals surface area contributed by atoms with Crippen molar-refractivity contribution in [3.8, 4) is 5.88 Å². The van der Waals surface area contributed by atoms with Gasteiger partial charge in [-0.2, -0.15) is 4.98 Å². The number of nitrogens with two attached hydrogens (primary N) is 1. The Kier molecular flexibility index (Phi) is 8.48. The topological polar surface area (TPSA) is 116 Å². The van der Waals surface area contributed by atoms with E-state index < -0.39 is 0 Å². The van der Waals surface area contributed by atoms with Gasteiger partial charge in [-0.25, -0.2) is 0 Å². The molecule has 3 N–H and O–H groups in total. The van der Waals surface area contributed by atoms with Crippen LogP contribution in [0.2, 0.25) is 5.02 Å². The molecule has 9 nitrogen and oxygen atoms in total. The average Bonchev–Trinajstić information content (AvgIpc) is 2.68. The zero-order valence-electron chi connectivity index (χ0n) is 17.2. The lowest BCUT2D eigenvalue weighted by Gasteiger charge is -2.38. The molecule has 0 aromatic carbocycles. The number of amides is 1. The summed E-state index contributed by atoms with van der Waals surface area (Å²) in [6.07, 6.45) is 0.640. The Hall–Kier alpha value is -2.10. The maximum absolute atomic E-state index is 12.8. The van der Waals surface area contributed by atoms with Crippen molar-refractivity contribution in [1.29, 1.82) is 0 Å². The number of hydrogen-bond donors (Lipinski definition) is 2. The van der Waals surface area contributed by atoms with Crippen molar-refractivity contribution in [2.45, 2.75) is 44.9 Å². The molecule has 2 heterocycles. The molecule has 0 spiro atoms. The van der Waals surface area contributed by atoms with E-state index in [0.29, 0.717) is 25.9 Å². The molecule has 2 atom stereocenters. The first-order valence-corrected chi connectivity index (χ1v) is 9.88. The van der Waals surface area contributed by atoms with Crippen molar-refractivity contribution in [3.63, 3.8) is 0 Å². The van der Waals surface area contributed by atoms with Gasteiger partial charge in [0.2, 0.25) is 5.88 Å². The second-order valence-electron chi connectivity index (χ2n) is 7.14. The van der Waals surface area contributed by atoms with Gasteiger partial charge in [-0.15, -0.1) is 0 Å². The minimum absolute atomic E-state index is 0.0964. The number of esters is 1. The number of methoxy groups -OCH3 is 2. The first-order valence-electron chi connectivity index (χ1n) is 9.50. The van der Waals surface area contributed by atoms with Gasteiger partial charge in [0, 0.05) is 26.7 Å². The standard InChI is InChI=1S/C19H29ClN4O5/c1-11(2)29-16(25)6-8-24-7-5-14(15(10-24)27-3)22-18(26)12-9-13(20)17(21)23-19(12)28-4/h9,11,14-15H,5-8,10H2,1-4H3,(H2,21,23)(H,22,26)/t14-,15+/m0/s1. The first-order chi connectivity index (χ1) is 13.7. The number of nitrogens with zero attached hydrogens (tertiary/aromatic N) is 2. The van der Waals surface area contributed by atoms with Crippen LogP contribution in [0.25, 0.3) is 0 Å². The van der Waals surface area contributed by atoms with Crippen LogP contribution in [0.15, 0.2) is 6.07 Å². The number of hydrogen-bond acceptors (Lipinski definition) is 8. The van der Waals surface area contributed by atoms with E-state index in [9.17, 15) is 9.59 Å². The Morgan fingerprint density at radius 1 is 1.41 bits per heavy atom. The van der Waals surface area contributed by atoms with Gasteiger partial charge in [0.15, 0.2) is 0 Å². The fourth-order valence-electron chi connectivity index (χ4n) is 3.21. The summed E-state index contributed by atoms with van der Waals surface area (Å²) in [5.41, 5.74) is 5.88. The van der Waals surface area contributed by atoms with Crippen LogP contribution in [0.4, 0.5) is 5.82 Å². The summed E-state index contributed by atoms with van der Waals surface area (Å²) in [5, 5.41) is 3.15. The summed E-state index contributed by atoms with van der Waals surface area (Å²) >= 11 is 6.00. The normalized spacial score (nSPS) is 19.8. The molecule has 1 amide bonds. The lowest BCUT2D eigenvalue weighted by atomic mass is 10.0. The van der Waals surface area contributed by atoms with Crippen molar-refractivity contribution in [2.24, 2.45) is 0 Å². The molecule has 1 aromatic heterocycles. The summed E-state index contributed by atoms with van der Waals surface area (Å²) < 4.78 is 15.9. The van der Waals surface area contributed by atoms with Gasteiger partial charge in [-0.3, -0.25) is 9.59 Å². The number of aromatic nitrogens is 1. The second kappa shape index (κ2) is 10.6. The van der Waals surface area contributed by atoms with Crippen LogP contribution < -0.4 is 15.8 Å². The van der Waals surface area contributed by atoms with Crippen molar-refractivity contribution < 1.29 is 23.8 Å². The molecule has 0 bridgehead atoms. The Balaban J connectivity index is 1.96. The van der Waals surface area contributed by atoms with E-state index in [1.165, 1.54) is 13.2 Å². The summed E-state index contributed by atoms with van der Waals surface area (Å²) in [7, 11) is 3.01. The number of halogens is 1. The number of likely N-dealkylation sites (tertiary alicyclic amines) is 1. The highest BCUT2D eigenvalue weighted by molar-refractivity contribution is 6.33. The van der Waals surface area contributed by atoms with E-state index in [1.807, 2.05) is 13.8 Å². The Labute approximate surface area is 175 Å². The van der Waals surface area contributed by atoms with E-state index in [0.717, 1.165) is 6.54 Å². The monoisotopic (exact) mass is 428 g/mol. The Bertz CT molecular complexity index is 731. The van der Waals surface area contributed by atoms with Gasteiger partial charge >= 0.3 is 5.97 Å². The first kappa shape index (κ1) is 23.2. The van der Waals surface area contributed by atoms with Crippen LogP contribution in [0, 0.1) is 0 Å². The van der Waals surface area contributed by atoms with Crippen molar-refractivity contribution in [3.05, 3.63) is 16.7 Å². The van der Waals surface area contributed by atoms with Crippen molar-refractivity contribution in [1.82, 2.24) is 15.2 Å². The van der Waals surface area contributed by atoms with Crippen LogP contribution in [-0.4, -0.2) is 73.9 Å². The molecule has 29 heavy (non-hydrogen) atoms. The molecule has 1 saturated heterocycles. The Morgan fingerprint density at radius 3 is 2.76 bits per heavy atom. The zero-order valence-corrected chi connectivity index (χ0v) is 18.0. The van der Waals surface area contributed by atoms with Gasteiger partial charge < -0.3 is 30.2 Å². The van der Waals surface area contributed by atoms with E-state index in [-0.39, 0.29) is 52.4 Å². The number of carbonyl (C=O) groups is 2. The van der Waals surface area contributed by atoms with Gasteiger partial charge in [0.05, 0.1) is 36.8 Å². The molecule has 2 rings (SSSR count). The highest BCUT2D eigenvalue weighted by Gasteiger charge is 2.31. The van der Waals surface area contributed by atoms with E-state index in [4.69, 9.17) is 31.5 Å². The highest BCUT2D eigenvalue weighted by atomic mass is 35.5. The quantitative estimate of drug-likeness (QED) is 0.598. The fourth-order valence-corrected chi connectivity index (χ4v) is 3.36. The molecule has 1 aliphatic heterocycles. The zero-order chi connectivity index (χ0) is 21.6. The third kappa shape index (κ3) is 6.45. The predicted octanol–water partition coefficient (Wildman–Crippen LogP) is 1.49. The molecule has 162 valence electrons. The number of carbonyl (C=O) groups excluding carboxylic acids is 2. The van der Waals surface area contributed by atoms with Crippen LogP contribution >= 0.6 is 11.6 Å². The summed E-state index contributed by atoms with van der Waals surface area (Å²) in [4.78, 5) is 30.6. The molecular formula is C19H29ClN4O5. The van der Waals surface area contributed by atoms with E-state index in [1.54, 1.807) is 7.11 Å². The molecule has 1 fully saturated rings. The minimum Gasteiger partial charge on any atom is -0.480 e. The SMILES string of the molecule is COc1nc(N)c(Cl)cc1C(=O)N[C@H]1CCN(CCC(=O)OC(C)C)C[C@H]1OC. The molecule has 0 saturated carbocycles. The van der Waals surface area contributed by atoms with E-state index >= 15 is 0 Å². The van der Waals surface area contributed by atoms with Gasteiger partial charge in [0.25, 0.3) is 5.91 Å². The minimum atomic E-state index is -0.364. The largest absolute Gasteiger partial charge is 0.480 e. The Morgan fingerprint density at radius 2 is 2.14 bits per heavy atom. The number of ether oxygens (including phenoxy) is 3. The average molecular weight is 429 g/mol.